The van der Waals surface area contributed by atoms with Gasteiger partial charge in [-0.3, -0.25) is 4.79 Å². The van der Waals surface area contributed by atoms with Gasteiger partial charge in [0.25, 0.3) is 5.97 Å². The second-order valence-corrected chi connectivity index (χ2v) is 2.19. The zero-order chi connectivity index (χ0) is 7.28. The summed E-state index contributed by atoms with van der Waals surface area (Å²) < 4.78 is 0. The van der Waals surface area contributed by atoms with Crippen LogP contribution in [0.2, 0.25) is 0 Å². The second-order valence-electron chi connectivity index (χ2n) is 1.71. The summed E-state index contributed by atoms with van der Waals surface area (Å²) in [4.78, 5) is 9.00. The molecule has 1 rings (SSSR count). The van der Waals surface area contributed by atoms with Gasteiger partial charge in [0.15, 0.2) is 0 Å². The molecule has 0 saturated heterocycles. The van der Waals surface area contributed by atoms with Gasteiger partial charge >= 0.3 is 0 Å². The van der Waals surface area contributed by atoms with Gasteiger partial charge in [-0.15, -0.1) is 0 Å². The Kier molecular flexibility index (Phi) is 4.14. The zero-order valence-electron chi connectivity index (χ0n) is 5.22. The van der Waals surface area contributed by atoms with Crippen LogP contribution in [0.1, 0.15) is 19.8 Å². The van der Waals surface area contributed by atoms with Gasteiger partial charge in [-0.05, 0) is 12.8 Å². The van der Waals surface area contributed by atoms with E-state index in [0.29, 0.717) is 0 Å². The van der Waals surface area contributed by atoms with Gasteiger partial charge in [0.2, 0.25) is 0 Å². The molecule has 1 aliphatic rings. The van der Waals surface area contributed by atoms with E-state index in [9.17, 15) is 0 Å². The highest BCUT2D eigenvalue weighted by atomic mass is 35.5. The Labute approximate surface area is 59.1 Å². The third-order valence-corrected chi connectivity index (χ3v) is 1.09. The average Bonchev–Trinajstić information content (AvgIpc) is 1.59. The van der Waals surface area contributed by atoms with Crippen molar-refractivity contribution in [3.63, 3.8) is 0 Å². The van der Waals surface area contributed by atoms with Crippen LogP contribution in [-0.2, 0) is 4.79 Å². The van der Waals surface area contributed by atoms with E-state index in [-0.39, 0.29) is 0 Å². The molecule has 0 radical (unpaired) electrons. The quantitative estimate of drug-likeness (QED) is 0.571. The largest absolute Gasteiger partial charge is 0.481 e. The topological polar surface area (TPSA) is 37.3 Å². The molecular weight excluding hydrogens is 140 g/mol. The number of carboxylic acid groups (broad SMARTS) is 1. The van der Waals surface area contributed by atoms with Crippen molar-refractivity contribution < 1.29 is 9.90 Å². The molecule has 52 valence electrons. The molecule has 0 spiro atoms. The Morgan fingerprint density at radius 1 is 1.89 bits per heavy atom. The number of rotatable bonds is 0. The van der Waals surface area contributed by atoms with Crippen molar-refractivity contribution >= 4 is 17.6 Å². The first-order valence-electron chi connectivity index (χ1n) is 2.67. The third-order valence-electron chi connectivity index (χ3n) is 0.749. The van der Waals surface area contributed by atoms with Crippen LogP contribution in [-0.4, -0.2) is 11.1 Å². The smallest absolute Gasteiger partial charge is 0.300 e. The maximum Gasteiger partial charge on any atom is 0.300 e. The monoisotopic (exact) mass is 148 g/mol. The molecule has 0 bridgehead atoms. The van der Waals surface area contributed by atoms with Crippen LogP contribution in [0.15, 0.2) is 11.1 Å². The van der Waals surface area contributed by atoms with Crippen molar-refractivity contribution in [3.8, 4) is 0 Å². The number of carboxylic acids is 1. The molecule has 0 heterocycles. The van der Waals surface area contributed by atoms with Crippen LogP contribution in [0, 0.1) is 0 Å². The maximum absolute atomic E-state index is 9.00. The third kappa shape index (κ3) is 7.50. The van der Waals surface area contributed by atoms with Crippen LogP contribution in [0.4, 0.5) is 0 Å². The number of hydrogen-bond acceptors (Lipinski definition) is 1. The Morgan fingerprint density at radius 2 is 2.11 bits per heavy atom. The summed E-state index contributed by atoms with van der Waals surface area (Å²) in [5.74, 6) is -0.833. The van der Waals surface area contributed by atoms with Crippen LogP contribution in [0.5, 0.6) is 0 Å². The molecule has 0 amide bonds. The first-order valence-corrected chi connectivity index (χ1v) is 3.05. The molecule has 0 atom stereocenters. The molecule has 2 nitrogen and oxygen atoms in total. The lowest BCUT2D eigenvalue weighted by atomic mass is 10.1. The molecule has 0 aromatic rings. The van der Waals surface area contributed by atoms with Crippen molar-refractivity contribution in [2.75, 3.05) is 0 Å². The van der Waals surface area contributed by atoms with E-state index in [1.165, 1.54) is 6.42 Å². The van der Waals surface area contributed by atoms with Gasteiger partial charge < -0.3 is 5.11 Å². The molecule has 3 heteroatoms. The fourth-order valence-corrected chi connectivity index (χ4v) is 0.472. The van der Waals surface area contributed by atoms with Gasteiger partial charge in [-0.2, -0.15) is 0 Å². The molecule has 1 aliphatic carbocycles. The first kappa shape index (κ1) is 8.50. The lowest BCUT2D eigenvalue weighted by Crippen LogP contribution is -1.81. The van der Waals surface area contributed by atoms with Crippen molar-refractivity contribution in [2.45, 2.75) is 19.8 Å². The van der Waals surface area contributed by atoms with E-state index in [1.54, 1.807) is 0 Å². The van der Waals surface area contributed by atoms with Gasteiger partial charge in [-0.25, -0.2) is 0 Å². The van der Waals surface area contributed by atoms with Crippen LogP contribution in [0.25, 0.3) is 0 Å². The molecule has 0 aromatic heterocycles. The number of halogens is 1. The second kappa shape index (κ2) is 4.39. The molecule has 0 aliphatic heterocycles. The Bertz CT molecular complexity index is 125. The van der Waals surface area contributed by atoms with E-state index >= 15 is 0 Å². The lowest BCUT2D eigenvalue weighted by Gasteiger charge is -2.02. The Balaban J connectivity index is 0.000000148. The molecule has 0 unspecified atom stereocenters. The predicted molar refractivity (Wildman–Crippen MR) is 36.5 cm³/mol. The first-order chi connectivity index (χ1) is 4.13. The molecule has 0 saturated carbocycles. The van der Waals surface area contributed by atoms with E-state index in [2.05, 4.69) is 0 Å². The number of aliphatic carboxylic acids is 1. The molecule has 0 fully saturated rings. The minimum absolute atomic E-state index is 0.833. The van der Waals surface area contributed by atoms with E-state index < -0.39 is 5.97 Å². The van der Waals surface area contributed by atoms with Crippen molar-refractivity contribution in [2.24, 2.45) is 0 Å². The SMILES string of the molecule is CC(=O)O.ClC1=CCC1. The molecular formula is C6H9ClO2. The van der Waals surface area contributed by atoms with Gasteiger partial charge in [0.1, 0.15) is 0 Å². The normalized spacial score (nSPS) is 14.2. The summed E-state index contributed by atoms with van der Waals surface area (Å²) in [6, 6.07) is 0. The summed E-state index contributed by atoms with van der Waals surface area (Å²) in [5.41, 5.74) is 0. The lowest BCUT2D eigenvalue weighted by molar-refractivity contribution is -0.134. The van der Waals surface area contributed by atoms with E-state index in [0.717, 1.165) is 18.4 Å². The minimum atomic E-state index is -0.833. The van der Waals surface area contributed by atoms with Crippen molar-refractivity contribution in [1.29, 1.82) is 0 Å². The molecule has 9 heavy (non-hydrogen) atoms. The van der Waals surface area contributed by atoms with Crippen LogP contribution >= 0.6 is 11.6 Å². The van der Waals surface area contributed by atoms with Crippen LogP contribution in [0.3, 0.4) is 0 Å². The fourth-order valence-electron chi connectivity index (χ4n) is 0.253. The van der Waals surface area contributed by atoms with Gasteiger partial charge in [-0.1, -0.05) is 17.7 Å². The fraction of sp³-hybridized carbons (Fsp3) is 0.500. The summed E-state index contributed by atoms with van der Waals surface area (Å²) in [6.07, 6.45) is 4.34. The summed E-state index contributed by atoms with van der Waals surface area (Å²) >= 11 is 5.41. The number of carbonyl (C=O) groups is 1. The number of hydrogen-bond donors (Lipinski definition) is 1. The predicted octanol–water partition coefficient (Wildman–Crippen LogP) is 1.99. The maximum atomic E-state index is 9.00. The highest BCUT2D eigenvalue weighted by Crippen LogP contribution is 2.20. The minimum Gasteiger partial charge on any atom is -0.481 e. The van der Waals surface area contributed by atoms with E-state index in [1.807, 2.05) is 6.08 Å². The zero-order valence-corrected chi connectivity index (χ0v) is 5.98. The Hall–Kier alpha value is -0.500. The van der Waals surface area contributed by atoms with Gasteiger partial charge in [0.05, 0.1) is 0 Å². The highest BCUT2D eigenvalue weighted by molar-refractivity contribution is 6.30. The summed E-state index contributed by atoms with van der Waals surface area (Å²) in [6.45, 7) is 1.08. The van der Waals surface area contributed by atoms with Crippen molar-refractivity contribution in [3.05, 3.63) is 11.1 Å². The standard InChI is InChI=1S/C4H5Cl.C2H4O2/c5-4-2-1-3-4;1-2(3)4/h2H,1,3H2;1H3,(H,3,4). The summed E-state index contributed by atoms with van der Waals surface area (Å²) in [7, 11) is 0. The number of allylic oxidation sites excluding steroid dienone is 2. The average molecular weight is 149 g/mol. The Morgan fingerprint density at radius 3 is 2.11 bits per heavy atom. The van der Waals surface area contributed by atoms with Crippen LogP contribution < -0.4 is 0 Å². The van der Waals surface area contributed by atoms with E-state index in [4.69, 9.17) is 21.5 Å². The van der Waals surface area contributed by atoms with Crippen molar-refractivity contribution in [1.82, 2.24) is 0 Å². The molecule has 1 N–H and O–H groups in total. The molecule has 0 aromatic carbocycles. The summed E-state index contributed by atoms with van der Waals surface area (Å²) in [5, 5.41) is 8.45. The van der Waals surface area contributed by atoms with Gasteiger partial charge in [0, 0.05) is 12.0 Å². The highest BCUT2D eigenvalue weighted by Gasteiger charge is 1.97.